The largest absolute Gasteiger partial charge is 0.307 e. The third-order valence-electron chi connectivity index (χ3n) is 3.77. The predicted molar refractivity (Wildman–Crippen MR) is 87.6 cm³/mol. The van der Waals surface area contributed by atoms with Gasteiger partial charge in [0.25, 0.3) is 0 Å². The van der Waals surface area contributed by atoms with Gasteiger partial charge in [-0.15, -0.1) is 0 Å². The molecule has 0 aliphatic rings. The summed E-state index contributed by atoms with van der Waals surface area (Å²) < 4.78 is 0. The lowest BCUT2D eigenvalue weighted by Crippen LogP contribution is -2.23. The van der Waals surface area contributed by atoms with Gasteiger partial charge in [-0.2, -0.15) is 0 Å². The Kier molecular flexibility index (Phi) is 4.85. The minimum Gasteiger partial charge on any atom is -0.307 e. The van der Waals surface area contributed by atoms with Crippen LogP contribution in [0.15, 0.2) is 36.4 Å². The van der Waals surface area contributed by atoms with Crippen LogP contribution in [0.4, 0.5) is 0 Å². The normalized spacial score (nSPS) is 12.4. The molecule has 20 heavy (non-hydrogen) atoms. The number of aryl methyl sites for hydroxylation is 2. The van der Waals surface area contributed by atoms with E-state index < -0.39 is 0 Å². The van der Waals surface area contributed by atoms with Crippen LogP contribution in [0, 0.1) is 20.8 Å². The van der Waals surface area contributed by atoms with Gasteiger partial charge in [0.1, 0.15) is 0 Å². The molecule has 0 saturated heterocycles. The molecule has 1 unspecified atom stereocenters. The molecule has 1 atom stereocenters. The summed E-state index contributed by atoms with van der Waals surface area (Å²) in [4.78, 5) is 0. The maximum absolute atomic E-state index is 6.28. The maximum atomic E-state index is 6.28. The molecule has 0 fully saturated rings. The van der Waals surface area contributed by atoms with Gasteiger partial charge in [-0.3, -0.25) is 0 Å². The fourth-order valence-corrected chi connectivity index (χ4v) is 2.86. The fourth-order valence-electron chi connectivity index (χ4n) is 2.68. The average Bonchev–Trinajstić information content (AvgIpc) is 2.40. The number of hydrogen-bond acceptors (Lipinski definition) is 1. The van der Waals surface area contributed by atoms with E-state index in [2.05, 4.69) is 57.3 Å². The summed E-state index contributed by atoms with van der Waals surface area (Å²) in [7, 11) is 0. The number of hydrogen-bond donors (Lipinski definition) is 1. The molecule has 2 rings (SSSR count). The van der Waals surface area contributed by atoms with Gasteiger partial charge < -0.3 is 5.32 Å². The minimum atomic E-state index is 0.194. The van der Waals surface area contributed by atoms with Crippen LogP contribution in [-0.2, 0) is 0 Å². The molecule has 1 N–H and O–H groups in total. The van der Waals surface area contributed by atoms with E-state index in [1.54, 1.807) is 0 Å². The Labute approximate surface area is 127 Å². The molecule has 2 aromatic rings. The molecule has 2 aromatic carbocycles. The van der Waals surface area contributed by atoms with Gasteiger partial charge in [-0.05, 0) is 55.6 Å². The van der Waals surface area contributed by atoms with Crippen molar-refractivity contribution < 1.29 is 0 Å². The lowest BCUT2D eigenvalue weighted by Gasteiger charge is -2.23. The smallest absolute Gasteiger partial charge is 0.0582 e. The minimum absolute atomic E-state index is 0.194. The summed E-state index contributed by atoms with van der Waals surface area (Å²) in [6.07, 6.45) is 0. The number of benzene rings is 2. The highest BCUT2D eigenvalue weighted by molar-refractivity contribution is 6.31. The van der Waals surface area contributed by atoms with Crippen molar-refractivity contribution in [2.24, 2.45) is 0 Å². The lowest BCUT2D eigenvalue weighted by molar-refractivity contribution is 0.625. The van der Waals surface area contributed by atoms with Gasteiger partial charge in [0.15, 0.2) is 0 Å². The Bertz CT molecular complexity index is 604. The Balaban J connectivity index is 2.53. The molecule has 0 bridgehead atoms. The zero-order chi connectivity index (χ0) is 14.7. The summed E-state index contributed by atoms with van der Waals surface area (Å²) in [5, 5.41) is 4.41. The Morgan fingerprint density at radius 1 is 1.05 bits per heavy atom. The van der Waals surface area contributed by atoms with Crippen molar-refractivity contribution in [2.75, 3.05) is 6.54 Å². The van der Waals surface area contributed by atoms with Crippen LogP contribution in [0.5, 0.6) is 0 Å². The van der Waals surface area contributed by atoms with E-state index in [0.29, 0.717) is 0 Å². The van der Waals surface area contributed by atoms with Crippen molar-refractivity contribution in [3.05, 3.63) is 69.2 Å². The molecule has 2 heteroatoms. The quantitative estimate of drug-likeness (QED) is 0.838. The fraction of sp³-hybridized carbons (Fsp3) is 0.333. The first-order valence-corrected chi connectivity index (χ1v) is 7.48. The van der Waals surface area contributed by atoms with Crippen LogP contribution < -0.4 is 5.32 Å². The van der Waals surface area contributed by atoms with Crippen LogP contribution in [0.3, 0.4) is 0 Å². The highest BCUT2D eigenvalue weighted by Gasteiger charge is 2.18. The second kappa shape index (κ2) is 6.43. The molecule has 1 nitrogen and oxygen atoms in total. The second-order valence-corrected chi connectivity index (χ2v) is 5.71. The summed E-state index contributed by atoms with van der Waals surface area (Å²) in [6.45, 7) is 9.45. The Morgan fingerprint density at radius 2 is 1.80 bits per heavy atom. The van der Waals surface area contributed by atoms with Gasteiger partial charge in [-0.25, -0.2) is 0 Å². The van der Waals surface area contributed by atoms with E-state index >= 15 is 0 Å². The highest BCUT2D eigenvalue weighted by Crippen LogP contribution is 2.30. The third-order valence-corrected chi connectivity index (χ3v) is 4.17. The van der Waals surface area contributed by atoms with Crippen LogP contribution in [-0.4, -0.2) is 6.54 Å². The molecular weight excluding hydrogens is 266 g/mol. The van der Waals surface area contributed by atoms with Crippen LogP contribution in [0.25, 0.3) is 0 Å². The first-order valence-electron chi connectivity index (χ1n) is 7.10. The first-order chi connectivity index (χ1) is 9.54. The Morgan fingerprint density at radius 3 is 2.45 bits per heavy atom. The Hall–Kier alpha value is -1.31. The van der Waals surface area contributed by atoms with Crippen LogP contribution in [0.1, 0.15) is 40.8 Å². The molecule has 0 saturated carbocycles. The molecule has 0 heterocycles. The average molecular weight is 288 g/mol. The van der Waals surface area contributed by atoms with Crippen molar-refractivity contribution in [3.63, 3.8) is 0 Å². The standard InChI is InChI=1S/C18H22ClN/c1-5-20-18(15-10-9-12(2)11-13(15)3)16-7-6-8-17(19)14(16)4/h6-11,18,20H,5H2,1-4H3. The molecule has 0 aromatic heterocycles. The van der Waals surface area contributed by atoms with Gasteiger partial charge in [-0.1, -0.05) is 54.4 Å². The molecule has 0 spiro atoms. The number of halogens is 1. The van der Waals surface area contributed by atoms with E-state index in [9.17, 15) is 0 Å². The zero-order valence-corrected chi connectivity index (χ0v) is 13.4. The SMILES string of the molecule is CCNC(c1ccc(C)cc1C)c1cccc(Cl)c1C. The van der Waals surface area contributed by atoms with Gasteiger partial charge in [0, 0.05) is 5.02 Å². The molecule has 0 radical (unpaired) electrons. The van der Waals surface area contributed by atoms with E-state index in [1.807, 2.05) is 12.1 Å². The van der Waals surface area contributed by atoms with Gasteiger partial charge in [0.05, 0.1) is 6.04 Å². The van der Waals surface area contributed by atoms with E-state index in [1.165, 1.54) is 22.3 Å². The molecule has 0 aliphatic carbocycles. The summed E-state index contributed by atoms with van der Waals surface area (Å²) in [5.41, 5.74) is 6.34. The van der Waals surface area contributed by atoms with Crippen molar-refractivity contribution in [1.29, 1.82) is 0 Å². The van der Waals surface area contributed by atoms with Gasteiger partial charge in [0.2, 0.25) is 0 Å². The first kappa shape index (κ1) is 15.1. The van der Waals surface area contributed by atoms with E-state index in [-0.39, 0.29) is 6.04 Å². The topological polar surface area (TPSA) is 12.0 Å². The van der Waals surface area contributed by atoms with Crippen molar-refractivity contribution in [2.45, 2.75) is 33.7 Å². The van der Waals surface area contributed by atoms with Crippen molar-refractivity contribution in [3.8, 4) is 0 Å². The molecular formula is C18H22ClN. The maximum Gasteiger partial charge on any atom is 0.0582 e. The summed E-state index contributed by atoms with van der Waals surface area (Å²) in [6, 6.07) is 13.0. The van der Waals surface area contributed by atoms with Crippen molar-refractivity contribution >= 4 is 11.6 Å². The van der Waals surface area contributed by atoms with Crippen LogP contribution >= 0.6 is 11.6 Å². The molecule has 0 amide bonds. The van der Waals surface area contributed by atoms with E-state index in [4.69, 9.17) is 11.6 Å². The monoisotopic (exact) mass is 287 g/mol. The molecule has 106 valence electrons. The van der Waals surface area contributed by atoms with E-state index in [0.717, 1.165) is 17.1 Å². The predicted octanol–water partition coefficient (Wildman–Crippen LogP) is 4.96. The summed E-state index contributed by atoms with van der Waals surface area (Å²) in [5.74, 6) is 0. The lowest BCUT2D eigenvalue weighted by atomic mass is 9.91. The second-order valence-electron chi connectivity index (χ2n) is 5.30. The van der Waals surface area contributed by atoms with Crippen LogP contribution in [0.2, 0.25) is 5.02 Å². The van der Waals surface area contributed by atoms with Gasteiger partial charge >= 0.3 is 0 Å². The highest BCUT2D eigenvalue weighted by atomic mass is 35.5. The third kappa shape index (κ3) is 3.05. The zero-order valence-electron chi connectivity index (χ0n) is 12.6. The van der Waals surface area contributed by atoms with Crippen molar-refractivity contribution in [1.82, 2.24) is 5.32 Å². The number of rotatable bonds is 4. The molecule has 0 aliphatic heterocycles. The summed E-state index contributed by atoms with van der Waals surface area (Å²) >= 11 is 6.28. The number of nitrogens with one attached hydrogen (secondary N) is 1.